The third-order valence-corrected chi connectivity index (χ3v) is 4.61. The Morgan fingerprint density at radius 1 is 1.16 bits per heavy atom. The number of carbonyl (C=O) groups is 1. The molecule has 0 aliphatic heterocycles. The molecule has 2 rings (SSSR count). The molecule has 1 amide bonds. The third-order valence-electron chi connectivity index (χ3n) is 3.37. The van der Waals surface area contributed by atoms with Gasteiger partial charge in [0.2, 0.25) is 10.0 Å². The van der Waals surface area contributed by atoms with Crippen LogP contribution in [0.3, 0.4) is 0 Å². The zero-order chi connectivity index (χ0) is 18.3. The number of halogens is 1. The third kappa shape index (κ3) is 6.13. The van der Waals surface area contributed by atoms with Crippen LogP contribution in [-0.2, 0) is 21.4 Å². The summed E-state index contributed by atoms with van der Waals surface area (Å²) in [5, 5.41) is 7.90. The Bertz CT molecular complexity index is 826. The first-order valence-corrected chi connectivity index (χ1v) is 9.52. The molecule has 134 valence electrons. The predicted molar refractivity (Wildman–Crippen MR) is 95.9 cm³/mol. The predicted octanol–water partition coefficient (Wildman–Crippen LogP) is 2.32. The number of rotatable bonds is 8. The van der Waals surface area contributed by atoms with Gasteiger partial charge in [0.15, 0.2) is 0 Å². The van der Waals surface area contributed by atoms with E-state index in [4.69, 9.17) is 21.5 Å². The Morgan fingerprint density at radius 2 is 1.88 bits per heavy atom. The molecule has 0 saturated heterocycles. The smallest absolute Gasteiger partial charge is 0.252 e. The largest absolute Gasteiger partial charge is 0.377 e. The van der Waals surface area contributed by atoms with Crippen LogP contribution in [0, 0.1) is 0 Å². The second-order valence-corrected chi connectivity index (χ2v) is 7.30. The molecule has 0 bridgehead atoms. The van der Waals surface area contributed by atoms with Gasteiger partial charge >= 0.3 is 0 Å². The molecule has 25 heavy (non-hydrogen) atoms. The van der Waals surface area contributed by atoms with E-state index in [2.05, 4.69) is 5.32 Å². The van der Waals surface area contributed by atoms with Crippen LogP contribution in [0.4, 0.5) is 0 Å². The summed E-state index contributed by atoms with van der Waals surface area (Å²) in [6, 6.07) is 13.5. The molecule has 8 heteroatoms. The van der Waals surface area contributed by atoms with Crippen molar-refractivity contribution in [2.45, 2.75) is 17.9 Å². The van der Waals surface area contributed by atoms with Gasteiger partial charge in [-0.15, -0.1) is 0 Å². The Hall–Kier alpha value is -1.93. The first-order valence-electron chi connectivity index (χ1n) is 7.60. The van der Waals surface area contributed by atoms with Gasteiger partial charge in [-0.1, -0.05) is 41.9 Å². The molecule has 6 nitrogen and oxygen atoms in total. The SMILES string of the molecule is NS(=O)(=O)c1ccc(Cl)c(C(=O)NCCCOCc2ccccc2)c1. The van der Waals surface area contributed by atoms with Crippen LogP contribution in [0.5, 0.6) is 0 Å². The Labute approximate surface area is 152 Å². The molecule has 0 aliphatic rings. The molecular weight excluding hydrogens is 364 g/mol. The number of carbonyl (C=O) groups excluding carboxylic acids is 1. The van der Waals surface area contributed by atoms with E-state index in [0.717, 1.165) is 5.56 Å². The minimum absolute atomic E-state index is 0.0680. The Balaban J connectivity index is 1.79. The van der Waals surface area contributed by atoms with E-state index in [0.29, 0.717) is 26.2 Å². The number of ether oxygens (including phenoxy) is 1. The zero-order valence-corrected chi connectivity index (χ0v) is 15.0. The van der Waals surface area contributed by atoms with E-state index >= 15 is 0 Å². The first-order chi connectivity index (χ1) is 11.9. The van der Waals surface area contributed by atoms with Gasteiger partial charge in [0.05, 0.1) is 22.1 Å². The van der Waals surface area contributed by atoms with Gasteiger partial charge in [-0.3, -0.25) is 4.79 Å². The minimum Gasteiger partial charge on any atom is -0.377 e. The van der Waals surface area contributed by atoms with Crippen molar-refractivity contribution in [1.29, 1.82) is 0 Å². The first kappa shape index (κ1) is 19.4. The number of hydrogen-bond acceptors (Lipinski definition) is 4. The van der Waals surface area contributed by atoms with Crippen molar-refractivity contribution < 1.29 is 17.9 Å². The lowest BCUT2D eigenvalue weighted by molar-refractivity contribution is 0.0934. The van der Waals surface area contributed by atoms with Gasteiger partial charge < -0.3 is 10.1 Å². The number of amides is 1. The molecule has 0 aliphatic carbocycles. The van der Waals surface area contributed by atoms with Gasteiger partial charge in [0.1, 0.15) is 0 Å². The normalized spacial score (nSPS) is 11.3. The molecule has 0 fully saturated rings. The Morgan fingerprint density at radius 3 is 2.56 bits per heavy atom. The highest BCUT2D eigenvalue weighted by molar-refractivity contribution is 7.89. The standard InChI is InChI=1S/C17H19ClN2O4S/c18-16-8-7-14(25(19,22)23)11-15(16)17(21)20-9-4-10-24-12-13-5-2-1-3-6-13/h1-3,5-8,11H,4,9-10,12H2,(H,20,21)(H2,19,22,23). The highest BCUT2D eigenvalue weighted by atomic mass is 35.5. The molecule has 2 aromatic carbocycles. The van der Waals surface area contributed by atoms with Crippen molar-refractivity contribution in [3.05, 3.63) is 64.7 Å². The average Bonchev–Trinajstić information content (AvgIpc) is 2.58. The van der Waals surface area contributed by atoms with Gasteiger partial charge in [0, 0.05) is 13.2 Å². The van der Waals surface area contributed by atoms with Crippen LogP contribution in [0.2, 0.25) is 5.02 Å². The van der Waals surface area contributed by atoms with Gasteiger partial charge in [-0.25, -0.2) is 13.6 Å². The molecule has 0 radical (unpaired) electrons. The van der Waals surface area contributed by atoms with Gasteiger partial charge in [0.25, 0.3) is 5.91 Å². The highest BCUT2D eigenvalue weighted by Gasteiger charge is 2.15. The number of benzene rings is 2. The summed E-state index contributed by atoms with van der Waals surface area (Å²) in [6.45, 7) is 1.38. The topological polar surface area (TPSA) is 98.5 Å². The minimum atomic E-state index is -3.89. The van der Waals surface area contributed by atoms with Crippen molar-refractivity contribution in [1.82, 2.24) is 5.32 Å². The summed E-state index contributed by atoms with van der Waals surface area (Å²) >= 11 is 5.95. The van der Waals surface area contributed by atoms with E-state index in [9.17, 15) is 13.2 Å². The second-order valence-electron chi connectivity index (χ2n) is 5.33. The van der Waals surface area contributed by atoms with Crippen LogP contribution in [-0.4, -0.2) is 27.5 Å². The van der Waals surface area contributed by atoms with E-state index in [1.165, 1.54) is 18.2 Å². The zero-order valence-electron chi connectivity index (χ0n) is 13.4. The molecule has 0 heterocycles. The summed E-state index contributed by atoms with van der Waals surface area (Å²) in [5.74, 6) is -0.460. The molecule has 2 aromatic rings. The van der Waals surface area contributed by atoms with Gasteiger partial charge in [-0.2, -0.15) is 0 Å². The van der Waals surface area contributed by atoms with Crippen LogP contribution >= 0.6 is 11.6 Å². The summed E-state index contributed by atoms with van der Waals surface area (Å²) in [6.07, 6.45) is 0.616. The molecule has 0 saturated carbocycles. The fourth-order valence-electron chi connectivity index (χ4n) is 2.09. The average molecular weight is 383 g/mol. The van der Waals surface area contributed by atoms with Crippen molar-refractivity contribution in [2.75, 3.05) is 13.2 Å². The van der Waals surface area contributed by atoms with Crippen LogP contribution in [0.1, 0.15) is 22.3 Å². The maximum Gasteiger partial charge on any atom is 0.252 e. The fourth-order valence-corrected chi connectivity index (χ4v) is 2.83. The van der Waals surface area contributed by atoms with Crippen LogP contribution < -0.4 is 10.5 Å². The quantitative estimate of drug-likeness (QED) is 0.684. The lowest BCUT2D eigenvalue weighted by Gasteiger charge is -2.09. The van der Waals surface area contributed by atoms with Crippen molar-refractivity contribution in [2.24, 2.45) is 5.14 Å². The molecule has 0 spiro atoms. The number of nitrogens with two attached hydrogens (primary N) is 1. The number of nitrogens with one attached hydrogen (secondary N) is 1. The summed E-state index contributed by atoms with van der Waals surface area (Å²) in [4.78, 5) is 12.0. The molecule has 3 N–H and O–H groups in total. The number of sulfonamides is 1. The second kappa shape index (κ2) is 8.96. The highest BCUT2D eigenvalue weighted by Crippen LogP contribution is 2.19. The number of primary sulfonamides is 1. The molecule has 0 atom stereocenters. The van der Waals surface area contributed by atoms with Crippen molar-refractivity contribution in [3.8, 4) is 0 Å². The maximum absolute atomic E-state index is 12.1. The monoisotopic (exact) mass is 382 g/mol. The maximum atomic E-state index is 12.1. The van der Waals surface area contributed by atoms with E-state index in [1.807, 2.05) is 30.3 Å². The van der Waals surface area contributed by atoms with Crippen molar-refractivity contribution in [3.63, 3.8) is 0 Å². The number of hydrogen-bond donors (Lipinski definition) is 2. The van der Waals surface area contributed by atoms with E-state index in [-0.39, 0.29) is 15.5 Å². The lowest BCUT2D eigenvalue weighted by atomic mass is 10.2. The Kier molecular flexibility index (Phi) is 6.95. The summed E-state index contributed by atoms with van der Waals surface area (Å²) < 4.78 is 28.2. The van der Waals surface area contributed by atoms with Crippen LogP contribution in [0.15, 0.2) is 53.4 Å². The summed E-state index contributed by atoms with van der Waals surface area (Å²) in [5.41, 5.74) is 1.15. The lowest BCUT2D eigenvalue weighted by Crippen LogP contribution is -2.26. The molecule has 0 unspecified atom stereocenters. The van der Waals surface area contributed by atoms with Crippen molar-refractivity contribution >= 4 is 27.5 Å². The molecule has 0 aromatic heterocycles. The van der Waals surface area contributed by atoms with E-state index in [1.54, 1.807) is 0 Å². The summed E-state index contributed by atoms with van der Waals surface area (Å²) in [7, 11) is -3.89. The van der Waals surface area contributed by atoms with E-state index < -0.39 is 15.9 Å². The van der Waals surface area contributed by atoms with Gasteiger partial charge in [-0.05, 0) is 30.2 Å². The molecular formula is C17H19ClN2O4S. The van der Waals surface area contributed by atoms with Crippen LogP contribution in [0.25, 0.3) is 0 Å². The fraction of sp³-hybridized carbons (Fsp3) is 0.235.